The molecule has 2 N–H and O–H groups in total. The third-order valence-corrected chi connectivity index (χ3v) is 4.37. The van der Waals surface area contributed by atoms with Crippen molar-refractivity contribution in [3.8, 4) is 0 Å². The number of likely N-dealkylation sites (tertiary alicyclic amines) is 1. The predicted octanol–water partition coefficient (Wildman–Crippen LogP) is 2.16. The third-order valence-electron chi connectivity index (χ3n) is 4.37. The second-order valence-corrected chi connectivity index (χ2v) is 6.76. The summed E-state index contributed by atoms with van der Waals surface area (Å²) < 4.78 is 0. The van der Waals surface area contributed by atoms with Crippen molar-refractivity contribution in [2.45, 2.75) is 25.4 Å². The zero-order chi connectivity index (χ0) is 17.1. The van der Waals surface area contributed by atoms with E-state index in [0.29, 0.717) is 11.5 Å². The monoisotopic (exact) mass is 328 g/mol. The maximum Gasteiger partial charge on any atom is 0.335 e. The van der Waals surface area contributed by atoms with Crippen LogP contribution in [0.25, 0.3) is 0 Å². The average molecular weight is 328 g/mol. The number of aromatic nitrogens is 2. The van der Waals surface area contributed by atoms with Gasteiger partial charge in [-0.05, 0) is 44.8 Å². The second kappa shape index (κ2) is 7.15. The number of aromatic amines is 1. The lowest BCUT2D eigenvalue weighted by Gasteiger charge is -2.16. The first kappa shape index (κ1) is 16.7. The van der Waals surface area contributed by atoms with Gasteiger partial charge in [0.2, 0.25) is 0 Å². The predicted molar refractivity (Wildman–Crippen MR) is 92.0 cm³/mol. The molecule has 128 valence electrons. The number of H-pyrrole nitrogens is 1. The largest absolute Gasteiger partial charge is 0.478 e. The Morgan fingerprint density at radius 3 is 3.04 bits per heavy atom. The van der Waals surface area contributed by atoms with Crippen LogP contribution in [0.2, 0.25) is 0 Å². The van der Waals surface area contributed by atoms with Gasteiger partial charge in [0.05, 0.1) is 5.56 Å². The van der Waals surface area contributed by atoms with Crippen LogP contribution in [0.5, 0.6) is 0 Å². The van der Waals surface area contributed by atoms with Crippen LogP contribution in [0.4, 0.5) is 0 Å². The quantitative estimate of drug-likeness (QED) is 0.850. The van der Waals surface area contributed by atoms with E-state index in [9.17, 15) is 4.79 Å². The van der Waals surface area contributed by atoms with E-state index < -0.39 is 5.97 Å². The van der Waals surface area contributed by atoms with Gasteiger partial charge in [0.15, 0.2) is 0 Å². The van der Waals surface area contributed by atoms with Crippen molar-refractivity contribution in [1.29, 1.82) is 0 Å². The van der Waals surface area contributed by atoms with E-state index in [4.69, 9.17) is 5.11 Å². The molecule has 3 rings (SSSR count). The maximum absolute atomic E-state index is 11.1. The van der Waals surface area contributed by atoms with Crippen LogP contribution in [0.3, 0.4) is 0 Å². The molecule has 6 nitrogen and oxygen atoms in total. The normalized spacial score (nSPS) is 18.4. The Morgan fingerprint density at radius 1 is 1.46 bits per heavy atom. The fourth-order valence-corrected chi connectivity index (χ4v) is 3.27. The highest BCUT2D eigenvalue weighted by Crippen LogP contribution is 2.26. The number of benzene rings is 1. The van der Waals surface area contributed by atoms with E-state index in [-0.39, 0.29) is 0 Å². The summed E-state index contributed by atoms with van der Waals surface area (Å²) in [5.41, 5.74) is 2.54. The van der Waals surface area contributed by atoms with Gasteiger partial charge in [0.25, 0.3) is 0 Å². The molecule has 1 aliphatic rings. The van der Waals surface area contributed by atoms with Gasteiger partial charge >= 0.3 is 5.97 Å². The fraction of sp³-hybridized carbons (Fsp3) is 0.444. The van der Waals surface area contributed by atoms with Gasteiger partial charge in [0.1, 0.15) is 5.82 Å². The molecule has 1 fully saturated rings. The van der Waals surface area contributed by atoms with Crippen molar-refractivity contribution < 1.29 is 9.90 Å². The van der Waals surface area contributed by atoms with E-state index >= 15 is 0 Å². The van der Waals surface area contributed by atoms with Gasteiger partial charge in [-0.15, -0.1) is 0 Å². The molecule has 0 radical (unpaired) electrons. The summed E-state index contributed by atoms with van der Waals surface area (Å²) in [6, 6.07) is 7.19. The first-order valence-corrected chi connectivity index (χ1v) is 8.24. The van der Waals surface area contributed by atoms with Gasteiger partial charge in [0, 0.05) is 37.4 Å². The van der Waals surface area contributed by atoms with E-state index in [1.807, 2.05) is 32.4 Å². The number of imidazole rings is 1. The second-order valence-electron chi connectivity index (χ2n) is 6.76. The standard InChI is InChI=1S/C18H24N4O2/c1-21(2)12-16-9-19-17(20-16)15-6-7-22(11-15)10-13-4-3-5-14(8-13)18(23)24/h3-5,8-9,15H,6-7,10-12H2,1-2H3,(H,19,20)(H,23,24)/t15-/m0/s1. The number of hydrogen-bond donors (Lipinski definition) is 2. The first-order chi connectivity index (χ1) is 11.5. The fourth-order valence-electron chi connectivity index (χ4n) is 3.27. The first-order valence-electron chi connectivity index (χ1n) is 8.24. The lowest BCUT2D eigenvalue weighted by Crippen LogP contribution is -2.20. The summed E-state index contributed by atoms with van der Waals surface area (Å²) in [7, 11) is 4.09. The lowest BCUT2D eigenvalue weighted by molar-refractivity contribution is 0.0696. The van der Waals surface area contributed by atoms with Gasteiger partial charge in [-0.2, -0.15) is 0 Å². The Balaban J connectivity index is 1.60. The molecule has 24 heavy (non-hydrogen) atoms. The van der Waals surface area contributed by atoms with Crippen molar-refractivity contribution in [3.63, 3.8) is 0 Å². The molecular weight excluding hydrogens is 304 g/mol. The lowest BCUT2D eigenvalue weighted by atomic mass is 10.1. The average Bonchev–Trinajstić information content (AvgIpc) is 3.16. The van der Waals surface area contributed by atoms with Crippen molar-refractivity contribution in [1.82, 2.24) is 19.8 Å². The molecular formula is C18H24N4O2. The molecule has 6 heteroatoms. The van der Waals surface area contributed by atoms with E-state index in [2.05, 4.69) is 19.8 Å². The van der Waals surface area contributed by atoms with Crippen LogP contribution in [0.1, 0.15) is 39.8 Å². The Bertz CT molecular complexity index is 711. The highest BCUT2D eigenvalue weighted by Gasteiger charge is 2.26. The molecule has 1 atom stereocenters. The van der Waals surface area contributed by atoms with Crippen molar-refractivity contribution >= 4 is 5.97 Å². The van der Waals surface area contributed by atoms with Crippen LogP contribution < -0.4 is 0 Å². The Morgan fingerprint density at radius 2 is 2.29 bits per heavy atom. The zero-order valence-corrected chi connectivity index (χ0v) is 14.2. The molecule has 1 aromatic carbocycles. The molecule has 1 aliphatic heterocycles. The SMILES string of the molecule is CN(C)Cc1cnc([C@H]2CCN(Cc3cccc(C(=O)O)c3)C2)[nH]1. The molecule has 0 saturated carbocycles. The van der Waals surface area contributed by atoms with Gasteiger partial charge in [-0.1, -0.05) is 12.1 Å². The molecule has 1 saturated heterocycles. The molecule has 0 amide bonds. The molecule has 0 spiro atoms. The number of carboxylic acid groups (broad SMARTS) is 1. The highest BCUT2D eigenvalue weighted by molar-refractivity contribution is 5.87. The molecule has 0 unspecified atom stereocenters. The van der Waals surface area contributed by atoms with Gasteiger partial charge < -0.3 is 15.0 Å². The van der Waals surface area contributed by atoms with Crippen molar-refractivity contribution in [2.75, 3.05) is 27.2 Å². The number of nitrogens with zero attached hydrogens (tertiary/aromatic N) is 3. The minimum atomic E-state index is -0.875. The number of aromatic carboxylic acids is 1. The zero-order valence-electron chi connectivity index (χ0n) is 14.2. The number of rotatable bonds is 6. The minimum Gasteiger partial charge on any atom is -0.478 e. The van der Waals surface area contributed by atoms with Gasteiger partial charge in [-0.25, -0.2) is 9.78 Å². The Hall–Kier alpha value is -2.18. The Kier molecular flexibility index (Phi) is 4.97. The summed E-state index contributed by atoms with van der Waals surface area (Å²) in [4.78, 5) is 23.5. The van der Waals surface area contributed by atoms with E-state index in [1.54, 1.807) is 12.1 Å². The van der Waals surface area contributed by atoms with Crippen LogP contribution in [-0.2, 0) is 13.1 Å². The van der Waals surface area contributed by atoms with Crippen molar-refractivity contribution in [2.24, 2.45) is 0 Å². The number of carboxylic acids is 1. The third kappa shape index (κ3) is 4.01. The topological polar surface area (TPSA) is 72.5 Å². The Labute approximate surface area is 142 Å². The van der Waals surface area contributed by atoms with Crippen LogP contribution in [0.15, 0.2) is 30.5 Å². The number of nitrogens with one attached hydrogen (secondary N) is 1. The van der Waals surface area contributed by atoms with Crippen molar-refractivity contribution in [3.05, 3.63) is 53.1 Å². The molecule has 1 aromatic heterocycles. The smallest absolute Gasteiger partial charge is 0.335 e. The van der Waals surface area contributed by atoms with Gasteiger partial charge in [-0.3, -0.25) is 4.90 Å². The summed E-state index contributed by atoms with van der Waals surface area (Å²) >= 11 is 0. The highest BCUT2D eigenvalue weighted by atomic mass is 16.4. The summed E-state index contributed by atoms with van der Waals surface area (Å²) in [6.45, 7) is 3.60. The summed E-state index contributed by atoms with van der Waals surface area (Å²) in [5.74, 6) is 0.609. The molecule has 0 bridgehead atoms. The van der Waals surface area contributed by atoms with Crippen LogP contribution in [-0.4, -0.2) is 58.0 Å². The minimum absolute atomic E-state index is 0.350. The summed E-state index contributed by atoms with van der Waals surface area (Å²) in [6.07, 6.45) is 3.00. The van der Waals surface area contributed by atoms with E-state index in [1.165, 1.54) is 0 Å². The summed E-state index contributed by atoms with van der Waals surface area (Å²) in [5, 5.41) is 9.10. The molecule has 2 heterocycles. The van der Waals surface area contributed by atoms with E-state index in [0.717, 1.165) is 49.7 Å². The maximum atomic E-state index is 11.1. The van der Waals surface area contributed by atoms with Crippen LogP contribution in [0, 0.1) is 0 Å². The number of hydrogen-bond acceptors (Lipinski definition) is 4. The molecule has 0 aliphatic carbocycles. The molecule has 2 aromatic rings. The van der Waals surface area contributed by atoms with Crippen LogP contribution >= 0.6 is 0 Å². The number of carbonyl (C=O) groups is 1.